The average molecular weight is 303 g/mol. The van der Waals surface area contributed by atoms with Crippen molar-refractivity contribution in [1.29, 1.82) is 0 Å². The van der Waals surface area contributed by atoms with Gasteiger partial charge in [0.15, 0.2) is 0 Å². The first-order valence-electron chi connectivity index (χ1n) is 6.75. The van der Waals surface area contributed by atoms with Gasteiger partial charge in [-0.1, -0.05) is 6.07 Å². The molecule has 108 valence electrons. The van der Waals surface area contributed by atoms with Crippen molar-refractivity contribution >= 4 is 22.6 Å². The molecule has 0 amide bonds. The van der Waals surface area contributed by atoms with Gasteiger partial charge >= 0.3 is 0 Å². The van der Waals surface area contributed by atoms with E-state index in [1.807, 2.05) is 31.2 Å². The van der Waals surface area contributed by atoms with Crippen molar-refractivity contribution < 1.29 is 4.74 Å². The first-order chi connectivity index (χ1) is 10.3. The standard InChI is InChI=1S/C15H15ClN4O/c1-2-21-13-5-3-4-12-15(13)19-14(8-16)20(12)9-11-6-7-17-10-18-11/h3-7,10H,2,8-9H2,1H3. The second-order valence-electron chi connectivity index (χ2n) is 4.51. The highest BCUT2D eigenvalue weighted by Gasteiger charge is 2.14. The normalized spacial score (nSPS) is 11.0. The van der Waals surface area contributed by atoms with Crippen LogP contribution in [-0.2, 0) is 12.4 Å². The van der Waals surface area contributed by atoms with Gasteiger partial charge in [0.25, 0.3) is 0 Å². The highest BCUT2D eigenvalue weighted by atomic mass is 35.5. The number of hydrogen-bond donors (Lipinski definition) is 0. The summed E-state index contributed by atoms with van der Waals surface area (Å²) in [6, 6.07) is 7.79. The molecule has 6 heteroatoms. The van der Waals surface area contributed by atoms with Gasteiger partial charge in [-0.2, -0.15) is 0 Å². The van der Waals surface area contributed by atoms with Gasteiger partial charge in [0.2, 0.25) is 0 Å². The number of imidazole rings is 1. The number of nitrogens with zero attached hydrogens (tertiary/aromatic N) is 4. The van der Waals surface area contributed by atoms with Crippen LogP contribution in [0.2, 0.25) is 0 Å². The fourth-order valence-electron chi connectivity index (χ4n) is 2.29. The van der Waals surface area contributed by atoms with Gasteiger partial charge in [-0.05, 0) is 25.1 Å². The predicted molar refractivity (Wildman–Crippen MR) is 81.6 cm³/mol. The van der Waals surface area contributed by atoms with Crippen molar-refractivity contribution in [2.45, 2.75) is 19.3 Å². The largest absolute Gasteiger partial charge is 0.492 e. The third kappa shape index (κ3) is 2.69. The van der Waals surface area contributed by atoms with Crippen molar-refractivity contribution in [3.05, 3.63) is 48.3 Å². The zero-order valence-electron chi connectivity index (χ0n) is 11.7. The Balaban J connectivity index is 2.10. The van der Waals surface area contributed by atoms with Crippen LogP contribution in [0.3, 0.4) is 0 Å². The van der Waals surface area contributed by atoms with Crippen LogP contribution < -0.4 is 4.74 Å². The molecule has 2 heterocycles. The minimum absolute atomic E-state index is 0.339. The summed E-state index contributed by atoms with van der Waals surface area (Å²) < 4.78 is 7.70. The van der Waals surface area contributed by atoms with Gasteiger partial charge < -0.3 is 9.30 Å². The fourth-order valence-corrected chi connectivity index (χ4v) is 2.50. The van der Waals surface area contributed by atoms with Crippen LogP contribution in [0.5, 0.6) is 5.75 Å². The monoisotopic (exact) mass is 302 g/mol. The topological polar surface area (TPSA) is 52.8 Å². The Hall–Kier alpha value is -2.14. The Kier molecular flexibility index (Phi) is 4.01. The van der Waals surface area contributed by atoms with Crippen LogP contribution in [0.25, 0.3) is 11.0 Å². The van der Waals surface area contributed by atoms with Crippen molar-refractivity contribution in [2.24, 2.45) is 0 Å². The number of hydrogen-bond acceptors (Lipinski definition) is 4. The first kappa shape index (κ1) is 13.8. The quantitative estimate of drug-likeness (QED) is 0.680. The molecule has 0 atom stereocenters. The van der Waals surface area contributed by atoms with Gasteiger partial charge in [-0.3, -0.25) is 0 Å². The highest BCUT2D eigenvalue weighted by molar-refractivity contribution is 6.16. The summed E-state index contributed by atoms with van der Waals surface area (Å²) in [5, 5.41) is 0. The van der Waals surface area contributed by atoms with E-state index in [1.165, 1.54) is 0 Å². The molecule has 0 spiro atoms. The lowest BCUT2D eigenvalue weighted by molar-refractivity contribution is 0.343. The molecule has 0 aliphatic carbocycles. The van der Waals surface area contributed by atoms with E-state index < -0.39 is 0 Å². The molecule has 21 heavy (non-hydrogen) atoms. The van der Waals surface area contributed by atoms with E-state index in [1.54, 1.807) is 12.5 Å². The van der Waals surface area contributed by atoms with Gasteiger partial charge in [-0.15, -0.1) is 11.6 Å². The molecule has 0 aliphatic heterocycles. The lowest BCUT2D eigenvalue weighted by Gasteiger charge is -2.07. The molecule has 0 N–H and O–H groups in total. The molecule has 0 fully saturated rings. The zero-order chi connectivity index (χ0) is 14.7. The van der Waals surface area contributed by atoms with Crippen LogP contribution in [-0.4, -0.2) is 26.1 Å². The lowest BCUT2D eigenvalue weighted by Crippen LogP contribution is -2.05. The summed E-state index contributed by atoms with van der Waals surface area (Å²) in [4.78, 5) is 12.8. The second kappa shape index (κ2) is 6.10. The molecule has 0 unspecified atom stereocenters. The van der Waals surface area contributed by atoms with Gasteiger partial charge in [0, 0.05) is 6.20 Å². The summed E-state index contributed by atoms with van der Waals surface area (Å²) in [6.45, 7) is 3.17. The number of benzene rings is 1. The molecule has 0 saturated heterocycles. The van der Waals surface area contributed by atoms with Crippen LogP contribution >= 0.6 is 11.6 Å². The third-order valence-electron chi connectivity index (χ3n) is 3.20. The number of rotatable bonds is 5. The van der Waals surface area contributed by atoms with E-state index in [-0.39, 0.29) is 0 Å². The molecule has 0 aliphatic rings. The Labute approximate surface area is 127 Å². The van der Waals surface area contributed by atoms with Crippen LogP contribution in [0, 0.1) is 0 Å². The fraction of sp³-hybridized carbons (Fsp3) is 0.267. The predicted octanol–water partition coefficient (Wildman–Crippen LogP) is 3.01. The smallest absolute Gasteiger partial charge is 0.147 e. The molecule has 5 nitrogen and oxygen atoms in total. The second-order valence-corrected chi connectivity index (χ2v) is 4.77. The van der Waals surface area contributed by atoms with E-state index in [0.29, 0.717) is 19.0 Å². The summed E-state index contributed by atoms with van der Waals surface area (Å²) in [5.41, 5.74) is 2.75. The van der Waals surface area contributed by atoms with Crippen molar-refractivity contribution in [1.82, 2.24) is 19.5 Å². The van der Waals surface area contributed by atoms with Crippen LogP contribution in [0.15, 0.2) is 36.8 Å². The minimum Gasteiger partial charge on any atom is -0.492 e. The molecule has 0 radical (unpaired) electrons. The molecular weight excluding hydrogens is 288 g/mol. The summed E-state index contributed by atoms with van der Waals surface area (Å²) in [7, 11) is 0. The van der Waals surface area contributed by atoms with Gasteiger partial charge in [0.05, 0.1) is 30.2 Å². The molecule has 2 aromatic heterocycles. The number of aromatic nitrogens is 4. The van der Waals surface area contributed by atoms with Crippen molar-refractivity contribution in [3.63, 3.8) is 0 Å². The number of para-hydroxylation sites is 1. The lowest BCUT2D eigenvalue weighted by atomic mass is 10.3. The number of alkyl halides is 1. The minimum atomic E-state index is 0.339. The van der Waals surface area contributed by atoms with E-state index >= 15 is 0 Å². The van der Waals surface area contributed by atoms with E-state index in [4.69, 9.17) is 16.3 Å². The Morgan fingerprint density at radius 3 is 2.90 bits per heavy atom. The highest BCUT2D eigenvalue weighted by Crippen LogP contribution is 2.27. The maximum atomic E-state index is 6.04. The molecule has 0 saturated carbocycles. The summed E-state index contributed by atoms with van der Waals surface area (Å²) in [5.74, 6) is 1.92. The van der Waals surface area contributed by atoms with E-state index in [9.17, 15) is 0 Å². The van der Waals surface area contributed by atoms with Gasteiger partial charge in [0.1, 0.15) is 23.4 Å². The Bertz CT molecular complexity index is 742. The average Bonchev–Trinajstić information content (AvgIpc) is 2.88. The number of fused-ring (bicyclic) bond motifs is 1. The van der Waals surface area contributed by atoms with Crippen LogP contribution in [0.4, 0.5) is 0 Å². The summed E-state index contributed by atoms with van der Waals surface area (Å²) >= 11 is 6.04. The van der Waals surface area contributed by atoms with Gasteiger partial charge in [-0.25, -0.2) is 15.0 Å². The molecule has 3 rings (SSSR count). The number of halogens is 1. The third-order valence-corrected chi connectivity index (χ3v) is 3.44. The molecular formula is C15H15ClN4O. The molecule has 1 aromatic carbocycles. The maximum absolute atomic E-state index is 6.04. The summed E-state index contributed by atoms with van der Waals surface area (Å²) in [6.07, 6.45) is 3.27. The molecule has 3 aromatic rings. The first-order valence-corrected chi connectivity index (χ1v) is 7.28. The zero-order valence-corrected chi connectivity index (χ0v) is 12.4. The number of ether oxygens (including phenoxy) is 1. The van der Waals surface area contributed by atoms with Crippen molar-refractivity contribution in [2.75, 3.05) is 6.61 Å². The maximum Gasteiger partial charge on any atom is 0.147 e. The van der Waals surface area contributed by atoms with Crippen LogP contribution in [0.1, 0.15) is 18.4 Å². The van der Waals surface area contributed by atoms with Crippen molar-refractivity contribution in [3.8, 4) is 5.75 Å². The Morgan fingerprint density at radius 1 is 1.29 bits per heavy atom. The SMILES string of the molecule is CCOc1cccc2c1nc(CCl)n2Cc1ccncn1. The van der Waals surface area contributed by atoms with E-state index in [2.05, 4.69) is 19.5 Å². The van der Waals surface area contributed by atoms with E-state index in [0.717, 1.165) is 28.3 Å². The Morgan fingerprint density at radius 2 is 2.19 bits per heavy atom. The molecule has 0 bridgehead atoms.